The number of aliphatic hydroxyl groups excluding tert-OH is 1. The van der Waals surface area contributed by atoms with Gasteiger partial charge in [0.2, 0.25) is 0 Å². The van der Waals surface area contributed by atoms with Crippen molar-refractivity contribution >= 4 is 5.91 Å². The summed E-state index contributed by atoms with van der Waals surface area (Å²) in [6.45, 7) is 1.60. The van der Waals surface area contributed by atoms with Gasteiger partial charge in [-0.15, -0.1) is 0 Å². The van der Waals surface area contributed by atoms with Crippen LogP contribution in [-0.2, 0) is 0 Å². The molecule has 2 rings (SSSR count). The molecule has 1 aromatic carbocycles. The number of benzene rings is 1. The number of carbonyl (C=O) groups is 1. The van der Waals surface area contributed by atoms with E-state index in [9.17, 15) is 4.79 Å². The van der Waals surface area contributed by atoms with E-state index < -0.39 is 0 Å². The number of hydrogen-bond acceptors (Lipinski definition) is 4. The Morgan fingerprint density at radius 2 is 2.17 bits per heavy atom. The van der Waals surface area contributed by atoms with Crippen LogP contribution in [0.25, 0.3) is 11.3 Å². The van der Waals surface area contributed by atoms with Gasteiger partial charge in [-0.3, -0.25) is 4.79 Å². The van der Waals surface area contributed by atoms with Crippen molar-refractivity contribution in [3.8, 4) is 11.3 Å². The maximum Gasteiger partial charge on any atom is 0.257 e. The fourth-order valence-corrected chi connectivity index (χ4v) is 1.55. The third-order valence-corrected chi connectivity index (χ3v) is 2.50. The van der Waals surface area contributed by atoms with Crippen LogP contribution >= 0.6 is 0 Å². The minimum absolute atomic E-state index is 0.113. The second kappa shape index (κ2) is 5.46. The van der Waals surface area contributed by atoms with E-state index in [2.05, 4.69) is 10.5 Å². The van der Waals surface area contributed by atoms with Gasteiger partial charge in [0, 0.05) is 11.6 Å². The Kier molecular flexibility index (Phi) is 3.74. The summed E-state index contributed by atoms with van der Waals surface area (Å²) in [5, 5.41) is 15.2. The first kappa shape index (κ1) is 12.3. The fourth-order valence-electron chi connectivity index (χ4n) is 1.55. The van der Waals surface area contributed by atoms with Crippen LogP contribution < -0.4 is 5.32 Å². The molecule has 18 heavy (non-hydrogen) atoms. The molecule has 1 aromatic heterocycles. The van der Waals surface area contributed by atoms with E-state index in [0.717, 1.165) is 5.56 Å². The summed E-state index contributed by atoms with van der Waals surface area (Å²) >= 11 is 0. The molecule has 0 radical (unpaired) electrons. The molecule has 1 amide bonds. The quantitative estimate of drug-likeness (QED) is 0.856. The van der Waals surface area contributed by atoms with Crippen molar-refractivity contribution < 1.29 is 14.4 Å². The zero-order chi connectivity index (χ0) is 13.0. The van der Waals surface area contributed by atoms with E-state index in [-0.39, 0.29) is 18.6 Å². The molecule has 0 aliphatic carbocycles. The molecule has 1 heterocycles. The highest BCUT2D eigenvalue weighted by atomic mass is 16.5. The molecule has 2 aromatic rings. The second-order valence-corrected chi connectivity index (χ2v) is 3.99. The molecule has 0 aliphatic heterocycles. The molecule has 0 bridgehead atoms. The largest absolute Gasteiger partial charge is 0.394 e. The summed E-state index contributed by atoms with van der Waals surface area (Å²) < 4.78 is 5.11. The normalized spacial score (nSPS) is 12.1. The van der Waals surface area contributed by atoms with Gasteiger partial charge in [0.15, 0.2) is 5.76 Å². The fraction of sp³-hybridized carbons (Fsp3) is 0.231. The zero-order valence-corrected chi connectivity index (χ0v) is 9.96. The molecule has 0 fully saturated rings. The summed E-state index contributed by atoms with van der Waals surface area (Å²) in [6, 6.07) is 8.97. The van der Waals surface area contributed by atoms with Crippen LogP contribution in [0.4, 0.5) is 0 Å². The Balaban J connectivity index is 2.26. The highest BCUT2D eigenvalue weighted by Crippen LogP contribution is 2.22. The number of amides is 1. The molecule has 0 saturated heterocycles. The van der Waals surface area contributed by atoms with Crippen molar-refractivity contribution in [3.63, 3.8) is 0 Å². The van der Waals surface area contributed by atoms with Crippen molar-refractivity contribution in [2.75, 3.05) is 6.61 Å². The number of aromatic nitrogens is 1. The molecule has 2 N–H and O–H groups in total. The van der Waals surface area contributed by atoms with Crippen LogP contribution in [0.15, 0.2) is 41.1 Å². The van der Waals surface area contributed by atoms with Gasteiger partial charge in [-0.1, -0.05) is 35.5 Å². The maximum atomic E-state index is 11.9. The van der Waals surface area contributed by atoms with E-state index >= 15 is 0 Å². The standard InChI is InChI=1S/C13H14N2O3/c1-9(8-16)15-13(17)11-7-14-18-12(11)10-5-3-2-4-6-10/h2-7,9,16H,8H2,1H3,(H,15,17). The van der Waals surface area contributed by atoms with E-state index in [1.165, 1.54) is 6.20 Å². The molecular formula is C13H14N2O3. The number of rotatable bonds is 4. The lowest BCUT2D eigenvalue weighted by molar-refractivity contribution is 0.0922. The lowest BCUT2D eigenvalue weighted by atomic mass is 10.1. The van der Waals surface area contributed by atoms with Crippen LogP contribution in [0.2, 0.25) is 0 Å². The van der Waals surface area contributed by atoms with Crippen molar-refractivity contribution in [3.05, 3.63) is 42.1 Å². The SMILES string of the molecule is CC(CO)NC(=O)c1cnoc1-c1ccccc1. The van der Waals surface area contributed by atoms with Gasteiger partial charge in [0.25, 0.3) is 5.91 Å². The Hall–Kier alpha value is -2.14. The van der Waals surface area contributed by atoms with Gasteiger partial charge in [0.05, 0.1) is 12.8 Å². The van der Waals surface area contributed by atoms with Crippen LogP contribution in [0.1, 0.15) is 17.3 Å². The highest BCUT2D eigenvalue weighted by molar-refractivity contribution is 5.99. The zero-order valence-electron chi connectivity index (χ0n) is 9.96. The topological polar surface area (TPSA) is 75.4 Å². The number of nitrogens with zero attached hydrogens (tertiary/aromatic N) is 1. The second-order valence-electron chi connectivity index (χ2n) is 3.99. The highest BCUT2D eigenvalue weighted by Gasteiger charge is 2.18. The summed E-state index contributed by atoms with van der Waals surface area (Å²) in [4.78, 5) is 11.9. The van der Waals surface area contributed by atoms with Crippen molar-refractivity contribution in [2.45, 2.75) is 13.0 Å². The minimum Gasteiger partial charge on any atom is -0.394 e. The molecule has 5 nitrogen and oxygen atoms in total. The molecular weight excluding hydrogens is 232 g/mol. The molecule has 1 unspecified atom stereocenters. The summed E-state index contributed by atoms with van der Waals surface area (Å²) in [7, 11) is 0. The van der Waals surface area contributed by atoms with E-state index in [0.29, 0.717) is 11.3 Å². The van der Waals surface area contributed by atoms with Gasteiger partial charge in [-0.05, 0) is 6.92 Å². The first-order valence-corrected chi connectivity index (χ1v) is 5.64. The molecule has 94 valence electrons. The van der Waals surface area contributed by atoms with Gasteiger partial charge in [-0.25, -0.2) is 0 Å². The van der Waals surface area contributed by atoms with E-state index in [4.69, 9.17) is 9.63 Å². The van der Waals surface area contributed by atoms with Crippen LogP contribution in [0, 0.1) is 0 Å². The number of carbonyl (C=O) groups excluding carboxylic acids is 1. The lowest BCUT2D eigenvalue weighted by Gasteiger charge is -2.09. The smallest absolute Gasteiger partial charge is 0.257 e. The predicted molar refractivity (Wildman–Crippen MR) is 66.0 cm³/mol. The van der Waals surface area contributed by atoms with E-state index in [1.807, 2.05) is 30.3 Å². The van der Waals surface area contributed by atoms with Crippen molar-refractivity contribution in [2.24, 2.45) is 0 Å². The maximum absolute atomic E-state index is 11.9. The Bertz CT molecular complexity index is 522. The number of aliphatic hydroxyl groups is 1. The van der Waals surface area contributed by atoms with E-state index in [1.54, 1.807) is 6.92 Å². The third-order valence-electron chi connectivity index (χ3n) is 2.50. The van der Waals surface area contributed by atoms with Crippen LogP contribution in [0.5, 0.6) is 0 Å². The first-order chi connectivity index (χ1) is 8.72. The molecule has 0 saturated carbocycles. The van der Waals surface area contributed by atoms with Crippen LogP contribution in [0.3, 0.4) is 0 Å². The lowest BCUT2D eigenvalue weighted by Crippen LogP contribution is -2.35. The van der Waals surface area contributed by atoms with Gasteiger partial charge < -0.3 is 14.9 Å². The Labute approximate surface area is 104 Å². The monoisotopic (exact) mass is 246 g/mol. The first-order valence-electron chi connectivity index (χ1n) is 5.64. The van der Waals surface area contributed by atoms with Gasteiger partial charge in [-0.2, -0.15) is 0 Å². The third kappa shape index (κ3) is 2.57. The summed E-state index contributed by atoms with van der Waals surface area (Å²) in [6.07, 6.45) is 1.38. The molecule has 0 aliphatic rings. The summed E-state index contributed by atoms with van der Waals surface area (Å²) in [5.41, 5.74) is 1.15. The predicted octanol–water partition coefficient (Wildman–Crippen LogP) is 1.45. The molecule has 5 heteroatoms. The molecule has 1 atom stereocenters. The Morgan fingerprint density at radius 3 is 2.83 bits per heavy atom. The average molecular weight is 246 g/mol. The Morgan fingerprint density at radius 1 is 1.44 bits per heavy atom. The van der Waals surface area contributed by atoms with Crippen molar-refractivity contribution in [1.29, 1.82) is 0 Å². The number of hydrogen-bond donors (Lipinski definition) is 2. The summed E-state index contributed by atoms with van der Waals surface area (Å²) in [5.74, 6) is 0.120. The van der Waals surface area contributed by atoms with Gasteiger partial charge in [0.1, 0.15) is 5.56 Å². The average Bonchev–Trinajstić information content (AvgIpc) is 2.88. The minimum atomic E-state index is -0.309. The van der Waals surface area contributed by atoms with Gasteiger partial charge >= 0.3 is 0 Å². The van der Waals surface area contributed by atoms with Crippen molar-refractivity contribution in [1.82, 2.24) is 10.5 Å². The molecule has 0 spiro atoms. The van der Waals surface area contributed by atoms with Crippen LogP contribution in [-0.4, -0.2) is 28.8 Å². The number of nitrogens with one attached hydrogen (secondary N) is 1.